The molecular formula is C23H17NO2S3. The molecule has 1 aromatic heterocycles. The largest absolute Gasteiger partial charge is 0.291 e. The molecule has 0 aliphatic carbocycles. The molecule has 144 valence electrons. The minimum absolute atomic E-state index is 0.159. The molecule has 4 rings (SSSR count). The number of hydrogen-bond donors (Lipinski definition) is 1. The van der Waals surface area contributed by atoms with Gasteiger partial charge in [0, 0.05) is 15.8 Å². The molecule has 0 saturated heterocycles. The Balaban J connectivity index is 1.46. The summed E-state index contributed by atoms with van der Waals surface area (Å²) >= 11 is 2.71. The van der Waals surface area contributed by atoms with E-state index in [2.05, 4.69) is 4.72 Å². The van der Waals surface area contributed by atoms with Crippen molar-refractivity contribution in [3.8, 4) is 11.1 Å². The van der Waals surface area contributed by atoms with Crippen molar-refractivity contribution in [2.75, 3.05) is 0 Å². The van der Waals surface area contributed by atoms with Crippen LogP contribution < -0.4 is 4.72 Å². The van der Waals surface area contributed by atoms with Crippen molar-refractivity contribution >= 4 is 40.0 Å². The van der Waals surface area contributed by atoms with E-state index in [1.54, 1.807) is 0 Å². The highest BCUT2D eigenvalue weighted by Crippen LogP contribution is 2.29. The molecule has 3 aromatic carbocycles. The Morgan fingerprint density at radius 3 is 2.24 bits per heavy atom. The van der Waals surface area contributed by atoms with Gasteiger partial charge < -0.3 is 0 Å². The van der Waals surface area contributed by atoms with Crippen LogP contribution in [0.4, 0.5) is 0 Å². The van der Waals surface area contributed by atoms with Gasteiger partial charge in [-0.3, -0.25) is 9.52 Å². The average Bonchev–Trinajstić information content (AvgIpc) is 3.27. The third kappa shape index (κ3) is 4.67. The summed E-state index contributed by atoms with van der Waals surface area (Å²) in [5, 5.41) is 1.87. The Hall–Kier alpha value is -2.67. The summed E-state index contributed by atoms with van der Waals surface area (Å²) in [5.41, 5.74) is 2.51. The fourth-order valence-corrected chi connectivity index (χ4v) is 5.82. The van der Waals surface area contributed by atoms with Gasteiger partial charge in [-0.05, 0) is 47.3 Å². The normalized spacial score (nSPS) is 11.7. The van der Waals surface area contributed by atoms with Gasteiger partial charge in [-0.1, -0.05) is 66.7 Å². The topological polar surface area (TPSA) is 46.2 Å². The fraction of sp³-hybridized carbons (Fsp3) is 0. The molecule has 4 aromatic rings. The maximum absolute atomic E-state index is 12.8. The first-order valence-corrected chi connectivity index (χ1v) is 11.7. The maximum atomic E-state index is 12.8. The molecule has 0 fully saturated rings. The quantitative estimate of drug-likeness (QED) is 0.377. The van der Waals surface area contributed by atoms with E-state index < -0.39 is 10.8 Å². The van der Waals surface area contributed by atoms with Crippen molar-refractivity contribution in [2.45, 2.75) is 14.0 Å². The van der Waals surface area contributed by atoms with Crippen LogP contribution in [-0.4, -0.2) is 10.1 Å². The van der Waals surface area contributed by atoms with Crippen LogP contribution in [0.1, 0.15) is 10.4 Å². The van der Waals surface area contributed by atoms with Gasteiger partial charge in [0.15, 0.2) is 0 Å². The van der Waals surface area contributed by atoms with E-state index in [1.165, 1.54) is 23.3 Å². The third-order valence-electron chi connectivity index (χ3n) is 4.22. The lowest BCUT2D eigenvalue weighted by Crippen LogP contribution is -2.16. The summed E-state index contributed by atoms with van der Waals surface area (Å²) in [6.07, 6.45) is 0. The van der Waals surface area contributed by atoms with Gasteiger partial charge >= 0.3 is 0 Å². The van der Waals surface area contributed by atoms with Gasteiger partial charge in [-0.2, -0.15) is 0 Å². The Morgan fingerprint density at radius 1 is 0.828 bits per heavy atom. The van der Waals surface area contributed by atoms with Gasteiger partial charge in [-0.15, -0.1) is 11.3 Å². The highest BCUT2D eigenvalue weighted by Gasteiger charge is 2.14. The smallest absolute Gasteiger partial charge is 0.262 e. The highest BCUT2D eigenvalue weighted by atomic mass is 32.2. The van der Waals surface area contributed by atoms with Crippen LogP contribution in [-0.2, 0) is 10.8 Å². The van der Waals surface area contributed by atoms with Crippen LogP contribution in [0.3, 0.4) is 0 Å². The van der Waals surface area contributed by atoms with Gasteiger partial charge in [0.25, 0.3) is 5.91 Å². The predicted octanol–water partition coefficient (Wildman–Crippen LogP) is 6.02. The van der Waals surface area contributed by atoms with Crippen molar-refractivity contribution in [1.82, 2.24) is 4.72 Å². The molecule has 0 aliphatic rings. The lowest BCUT2D eigenvalue weighted by atomic mass is 9.99. The molecule has 0 aliphatic heterocycles. The number of hydrogen-bond acceptors (Lipinski definition) is 4. The molecule has 0 radical (unpaired) electrons. The second-order valence-corrected chi connectivity index (χ2v) is 9.63. The Labute approximate surface area is 180 Å². The van der Waals surface area contributed by atoms with E-state index in [0.717, 1.165) is 25.1 Å². The highest BCUT2D eigenvalue weighted by molar-refractivity contribution is 7.99. The van der Waals surface area contributed by atoms with Crippen molar-refractivity contribution < 1.29 is 9.00 Å². The van der Waals surface area contributed by atoms with Crippen molar-refractivity contribution in [2.24, 2.45) is 0 Å². The van der Waals surface area contributed by atoms with Crippen molar-refractivity contribution in [3.05, 3.63) is 102 Å². The minimum Gasteiger partial charge on any atom is -0.291 e. The SMILES string of the molecule is O=C(NSc1cc(S(=O)c2ccccc2)cs1)c1ccccc1-c1ccccc1. The molecule has 3 nitrogen and oxygen atoms in total. The van der Waals surface area contributed by atoms with Crippen LogP contribution in [0.15, 0.2) is 110 Å². The van der Waals surface area contributed by atoms with Gasteiger partial charge in [-0.25, -0.2) is 4.21 Å². The lowest BCUT2D eigenvalue weighted by Gasteiger charge is -2.09. The van der Waals surface area contributed by atoms with Gasteiger partial charge in [0.05, 0.1) is 19.9 Å². The zero-order chi connectivity index (χ0) is 20.1. The average molecular weight is 436 g/mol. The van der Waals surface area contributed by atoms with Gasteiger partial charge in [0.2, 0.25) is 0 Å². The number of benzene rings is 3. The van der Waals surface area contributed by atoms with E-state index in [1.807, 2.05) is 96.4 Å². The van der Waals surface area contributed by atoms with Crippen LogP contribution in [0.25, 0.3) is 11.1 Å². The molecule has 1 atom stereocenters. The van der Waals surface area contributed by atoms with Gasteiger partial charge in [0.1, 0.15) is 0 Å². The first-order valence-electron chi connectivity index (χ1n) is 8.89. The lowest BCUT2D eigenvalue weighted by molar-refractivity contribution is 0.0985. The van der Waals surface area contributed by atoms with E-state index in [0.29, 0.717) is 5.56 Å². The minimum atomic E-state index is -1.22. The molecule has 0 spiro atoms. The summed E-state index contributed by atoms with van der Waals surface area (Å²) < 4.78 is 16.4. The summed E-state index contributed by atoms with van der Waals surface area (Å²) in [4.78, 5) is 14.3. The summed E-state index contributed by atoms with van der Waals surface area (Å²) in [7, 11) is -1.22. The Bertz CT molecular complexity index is 1140. The van der Waals surface area contributed by atoms with Crippen LogP contribution >= 0.6 is 23.3 Å². The van der Waals surface area contributed by atoms with E-state index in [-0.39, 0.29) is 5.91 Å². The van der Waals surface area contributed by atoms with Crippen molar-refractivity contribution in [3.63, 3.8) is 0 Å². The Morgan fingerprint density at radius 2 is 1.48 bits per heavy atom. The molecule has 29 heavy (non-hydrogen) atoms. The molecule has 0 saturated carbocycles. The number of carbonyl (C=O) groups is 1. The maximum Gasteiger partial charge on any atom is 0.262 e. The van der Waals surface area contributed by atoms with Crippen molar-refractivity contribution in [1.29, 1.82) is 0 Å². The van der Waals surface area contributed by atoms with E-state index in [4.69, 9.17) is 0 Å². The van der Waals surface area contributed by atoms with E-state index in [9.17, 15) is 9.00 Å². The van der Waals surface area contributed by atoms with E-state index >= 15 is 0 Å². The zero-order valence-electron chi connectivity index (χ0n) is 15.3. The number of rotatable bonds is 6. The number of amides is 1. The molecular weight excluding hydrogens is 418 g/mol. The summed E-state index contributed by atoms with van der Waals surface area (Å²) in [6.45, 7) is 0. The number of nitrogens with one attached hydrogen (secondary N) is 1. The summed E-state index contributed by atoms with van der Waals surface area (Å²) in [6, 6.07) is 28.6. The molecule has 1 N–H and O–H groups in total. The molecule has 0 bridgehead atoms. The number of carbonyl (C=O) groups excluding carboxylic acids is 1. The second kappa shape index (κ2) is 9.22. The molecule has 6 heteroatoms. The number of thiophene rings is 1. The second-order valence-electron chi connectivity index (χ2n) is 6.13. The fourth-order valence-electron chi connectivity index (χ4n) is 2.83. The van der Waals surface area contributed by atoms with Crippen LogP contribution in [0.5, 0.6) is 0 Å². The predicted molar refractivity (Wildman–Crippen MR) is 121 cm³/mol. The van der Waals surface area contributed by atoms with Crippen LogP contribution in [0.2, 0.25) is 0 Å². The zero-order valence-corrected chi connectivity index (χ0v) is 17.7. The first-order chi connectivity index (χ1) is 14.2. The molecule has 1 heterocycles. The molecule has 1 unspecified atom stereocenters. The first kappa shape index (κ1) is 19.6. The molecule has 1 amide bonds. The monoisotopic (exact) mass is 435 g/mol. The van der Waals surface area contributed by atoms with Crippen LogP contribution in [0, 0.1) is 0 Å². The Kier molecular flexibility index (Phi) is 6.24. The summed E-state index contributed by atoms with van der Waals surface area (Å²) in [5.74, 6) is -0.159. The standard InChI is InChI=1S/C23H17NO2S3/c25-23(21-14-8-7-13-20(21)17-9-3-1-4-10-17)24-28-22-15-19(16-27-22)29(26)18-11-5-2-6-12-18/h1-16H,(H,24,25). The third-order valence-corrected chi connectivity index (χ3v) is 7.60.